The minimum Gasteiger partial charge on any atom is -0.490 e. The van der Waals surface area contributed by atoms with Gasteiger partial charge in [-0.05, 0) is 99.1 Å². The number of aromatic nitrogens is 4. The zero-order valence-corrected chi connectivity index (χ0v) is 26.2. The first-order valence-electron chi connectivity index (χ1n) is 13.9. The summed E-state index contributed by atoms with van der Waals surface area (Å²) in [5.74, 6) is 1.32. The van der Waals surface area contributed by atoms with Crippen LogP contribution >= 0.6 is 15.9 Å². The highest BCUT2D eigenvalue weighted by molar-refractivity contribution is 9.10. The van der Waals surface area contributed by atoms with Gasteiger partial charge in [-0.25, -0.2) is 0 Å². The molecule has 2 heterocycles. The van der Waals surface area contributed by atoms with Gasteiger partial charge >= 0.3 is 0 Å². The average molecular weight is 632 g/mol. The Hall–Kier alpha value is -4.18. The van der Waals surface area contributed by atoms with Crippen molar-refractivity contribution in [2.45, 2.75) is 59.6 Å². The van der Waals surface area contributed by atoms with Crippen molar-refractivity contribution < 1.29 is 14.3 Å². The molecule has 42 heavy (non-hydrogen) atoms. The van der Waals surface area contributed by atoms with Crippen molar-refractivity contribution in [2.24, 2.45) is 0 Å². The average Bonchev–Trinajstić information content (AvgIpc) is 3.39. The highest BCUT2D eigenvalue weighted by Crippen LogP contribution is 2.43. The fraction of sp³-hybridized carbons (Fsp3) is 0.312. The Bertz CT molecular complexity index is 1640. The number of halogens is 1. The van der Waals surface area contributed by atoms with Crippen LogP contribution in [0, 0.1) is 6.92 Å². The van der Waals surface area contributed by atoms with E-state index in [4.69, 9.17) is 9.47 Å². The van der Waals surface area contributed by atoms with Crippen molar-refractivity contribution in [1.29, 1.82) is 0 Å². The van der Waals surface area contributed by atoms with Gasteiger partial charge in [0.2, 0.25) is 5.95 Å². The molecule has 0 radical (unpaired) electrons. The van der Waals surface area contributed by atoms with Crippen molar-refractivity contribution in [3.8, 4) is 11.5 Å². The number of benzene rings is 3. The lowest BCUT2D eigenvalue weighted by Gasteiger charge is -2.28. The van der Waals surface area contributed by atoms with Crippen molar-refractivity contribution in [1.82, 2.24) is 20.2 Å². The van der Waals surface area contributed by atoms with Crippen molar-refractivity contribution in [2.75, 3.05) is 17.2 Å². The number of hydrogen-bond acceptors (Lipinski definition) is 7. The lowest BCUT2D eigenvalue weighted by Crippen LogP contribution is -2.31. The van der Waals surface area contributed by atoms with Gasteiger partial charge in [0.1, 0.15) is 12.6 Å². The molecular weight excluding hydrogens is 596 g/mol. The molecule has 1 aliphatic heterocycles. The number of anilines is 2. The van der Waals surface area contributed by atoms with Crippen LogP contribution in [0.5, 0.6) is 11.5 Å². The van der Waals surface area contributed by atoms with Gasteiger partial charge in [0.05, 0.1) is 16.7 Å². The maximum absolute atomic E-state index is 13.8. The minimum absolute atomic E-state index is 0.0805. The van der Waals surface area contributed by atoms with Crippen LogP contribution in [-0.4, -0.2) is 32.7 Å². The van der Waals surface area contributed by atoms with Gasteiger partial charge in [0.15, 0.2) is 11.5 Å². The summed E-state index contributed by atoms with van der Waals surface area (Å²) in [4.78, 5) is 13.8. The standard InChI is InChI=1S/C32H35BrN6O3/c1-7-41-26-17-22(16-25(33)29(26)42-18-21-11-13-23(14-12-21)32(4,5)6)28-27(20(3)34-31-36-37-38-39(28)31)30(40)35-24-10-8-9-19(2)15-24/h8-17,28H,7,18H2,1-6H3,(H,35,40)(H,34,36,38). The van der Waals surface area contributed by atoms with Crippen LogP contribution in [0.2, 0.25) is 0 Å². The Kier molecular flexibility index (Phi) is 8.36. The number of allylic oxidation sites excluding steroid dienone is 1. The molecule has 1 amide bonds. The SMILES string of the molecule is CCOc1cc(C2C(C(=O)Nc3cccc(C)c3)=C(C)Nc3nnnn32)cc(Br)c1OCc1ccc(C(C)(C)C)cc1. The molecule has 1 unspecified atom stereocenters. The van der Waals surface area contributed by atoms with Crippen molar-refractivity contribution in [3.63, 3.8) is 0 Å². The third-order valence-electron chi connectivity index (χ3n) is 7.09. The molecule has 10 heteroatoms. The van der Waals surface area contributed by atoms with E-state index in [2.05, 4.69) is 87.1 Å². The van der Waals surface area contributed by atoms with Crippen LogP contribution < -0.4 is 20.1 Å². The van der Waals surface area contributed by atoms with Gasteiger partial charge < -0.3 is 20.1 Å². The second kappa shape index (κ2) is 12.0. The molecule has 1 aliphatic rings. The molecule has 0 fully saturated rings. The van der Waals surface area contributed by atoms with E-state index in [9.17, 15) is 4.79 Å². The number of tetrazole rings is 1. The molecule has 0 bridgehead atoms. The third-order valence-corrected chi connectivity index (χ3v) is 7.67. The smallest absolute Gasteiger partial charge is 0.255 e. The van der Waals surface area contributed by atoms with E-state index in [1.807, 2.05) is 57.2 Å². The van der Waals surface area contributed by atoms with Gasteiger partial charge in [0.25, 0.3) is 5.91 Å². The van der Waals surface area contributed by atoms with E-state index in [1.54, 1.807) is 4.68 Å². The topological polar surface area (TPSA) is 103 Å². The van der Waals surface area contributed by atoms with Crippen LogP contribution in [0.3, 0.4) is 0 Å². The van der Waals surface area contributed by atoms with Crippen LogP contribution in [0.4, 0.5) is 11.6 Å². The summed E-state index contributed by atoms with van der Waals surface area (Å²) < 4.78 is 14.6. The predicted octanol–water partition coefficient (Wildman–Crippen LogP) is 6.95. The van der Waals surface area contributed by atoms with E-state index >= 15 is 0 Å². The van der Waals surface area contributed by atoms with Crippen molar-refractivity contribution >= 4 is 33.5 Å². The number of fused-ring (bicyclic) bond motifs is 1. The largest absolute Gasteiger partial charge is 0.490 e. The van der Waals surface area contributed by atoms with Crippen molar-refractivity contribution in [3.05, 3.63) is 98.7 Å². The number of nitrogens with one attached hydrogen (secondary N) is 2. The Labute approximate surface area is 254 Å². The maximum atomic E-state index is 13.8. The zero-order chi connectivity index (χ0) is 30.0. The highest BCUT2D eigenvalue weighted by Gasteiger charge is 2.35. The highest BCUT2D eigenvalue weighted by atomic mass is 79.9. The molecule has 0 spiro atoms. The first kappa shape index (κ1) is 29.3. The Morgan fingerprint density at radius 3 is 2.52 bits per heavy atom. The lowest BCUT2D eigenvalue weighted by molar-refractivity contribution is -0.113. The van der Waals surface area contributed by atoms with Crippen LogP contribution in [-0.2, 0) is 16.8 Å². The van der Waals surface area contributed by atoms with Crippen LogP contribution in [0.25, 0.3) is 0 Å². The van der Waals surface area contributed by atoms with Crippen LogP contribution in [0.1, 0.15) is 62.9 Å². The number of aryl methyl sites for hydroxylation is 1. The summed E-state index contributed by atoms with van der Waals surface area (Å²) in [7, 11) is 0. The summed E-state index contributed by atoms with van der Waals surface area (Å²) in [5, 5.41) is 18.4. The molecule has 4 aromatic rings. The van der Waals surface area contributed by atoms with E-state index in [0.717, 1.165) is 16.7 Å². The Balaban J connectivity index is 1.48. The molecule has 2 N–H and O–H groups in total. The summed E-state index contributed by atoms with van der Waals surface area (Å²) in [6.45, 7) is 13.1. The molecular formula is C32H35BrN6O3. The van der Waals surface area contributed by atoms with E-state index in [-0.39, 0.29) is 11.3 Å². The number of amides is 1. The molecule has 1 aromatic heterocycles. The molecule has 0 saturated heterocycles. The zero-order valence-electron chi connectivity index (χ0n) is 24.7. The third kappa shape index (κ3) is 6.18. The number of ether oxygens (including phenoxy) is 2. The summed E-state index contributed by atoms with van der Waals surface area (Å²) >= 11 is 3.71. The monoisotopic (exact) mass is 630 g/mol. The summed E-state index contributed by atoms with van der Waals surface area (Å²) in [6, 6.07) is 19.3. The molecule has 1 atom stereocenters. The normalized spacial score (nSPS) is 14.7. The molecule has 3 aromatic carbocycles. The van der Waals surface area contributed by atoms with Crippen LogP contribution in [0.15, 0.2) is 76.4 Å². The second-order valence-electron chi connectivity index (χ2n) is 11.3. The lowest BCUT2D eigenvalue weighted by atomic mass is 9.87. The summed E-state index contributed by atoms with van der Waals surface area (Å²) in [5.41, 5.74) is 6.04. The molecule has 0 aliphatic carbocycles. The molecule has 5 rings (SSSR count). The quantitative estimate of drug-likeness (QED) is 0.217. The first-order chi connectivity index (χ1) is 20.0. The van der Waals surface area contributed by atoms with Gasteiger partial charge in [0, 0.05) is 11.4 Å². The van der Waals surface area contributed by atoms with E-state index in [1.165, 1.54) is 5.56 Å². The number of hydrogen-bond donors (Lipinski definition) is 2. The number of carbonyl (C=O) groups is 1. The van der Waals surface area contributed by atoms with Gasteiger partial charge in [-0.3, -0.25) is 4.79 Å². The molecule has 0 saturated carbocycles. The van der Waals surface area contributed by atoms with Gasteiger partial charge in [-0.2, -0.15) is 4.68 Å². The Morgan fingerprint density at radius 2 is 1.83 bits per heavy atom. The first-order valence-corrected chi connectivity index (χ1v) is 14.7. The molecule has 218 valence electrons. The maximum Gasteiger partial charge on any atom is 0.255 e. The fourth-order valence-corrected chi connectivity index (χ4v) is 5.52. The van der Waals surface area contributed by atoms with E-state index < -0.39 is 6.04 Å². The second-order valence-corrected chi connectivity index (χ2v) is 12.2. The number of carbonyl (C=O) groups excluding carboxylic acids is 1. The van der Waals surface area contributed by atoms with Gasteiger partial charge in [-0.15, -0.1) is 0 Å². The molecule has 9 nitrogen and oxygen atoms in total. The Morgan fingerprint density at radius 1 is 1.07 bits per heavy atom. The van der Waals surface area contributed by atoms with Gasteiger partial charge in [-0.1, -0.05) is 62.3 Å². The predicted molar refractivity (Wildman–Crippen MR) is 167 cm³/mol. The number of nitrogens with zero attached hydrogens (tertiary/aromatic N) is 4. The summed E-state index contributed by atoms with van der Waals surface area (Å²) in [6.07, 6.45) is 0. The fourth-order valence-electron chi connectivity index (χ4n) is 4.94. The number of rotatable bonds is 8. The minimum atomic E-state index is -0.615. The van der Waals surface area contributed by atoms with E-state index in [0.29, 0.717) is 52.1 Å².